The van der Waals surface area contributed by atoms with Crippen LogP contribution in [0.4, 0.5) is 11.4 Å². The molecule has 0 saturated heterocycles. The summed E-state index contributed by atoms with van der Waals surface area (Å²) in [6, 6.07) is 16.4. The molecule has 0 fully saturated rings. The molecule has 0 spiro atoms. The average Bonchev–Trinajstić information content (AvgIpc) is 3.83. The van der Waals surface area contributed by atoms with E-state index in [-0.39, 0.29) is 45.3 Å². The van der Waals surface area contributed by atoms with Crippen molar-refractivity contribution in [3.63, 3.8) is 0 Å². The molecule has 0 atom stereocenters. The number of halogens is 2. The fraction of sp³-hybridized carbons (Fsp3) is 0.158. The van der Waals surface area contributed by atoms with Crippen molar-refractivity contribution in [2.24, 2.45) is 0 Å². The van der Waals surface area contributed by atoms with E-state index in [2.05, 4.69) is 31.2 Å². The molecule has 4 amide bonds. The molecule has 2 aromatic heterocycles. The van der Waals surface area contributed by atoms with E-state index in [1.807, 2.05) is 12.1 Å². The summed E-state index contributed by atoms with van der Waals surface area (Å²) in [4.78, 5) is 59.8. The van der Waals surface area contributed by atoms with Crippen molar-refractivity contribution in [2.75, 3.05) is 52.2 Å². The predicted molar refractivity (Wildman–Crippen MR) is 207 cm³/mol. The number of H-pyrrole nitrogens is 2. The zero-order valence-corrected chi connectivity index (χ0v) is 30.9. The SMILES string of the molecule is CNC(=O)c1ccc(OC)c(OCC(=O)Nc2cc3cc[nH]c3cc2Cl)c1-c1c(C(=O)NC)ccc(OC)c1OCC(=O)Nc1cc2[nH]ccc2cc1Cl. The molecule has 6 rings (SSSR count). The van der Waals surface area contributed by atoms with Crippen molar-refractivity contribution in [3.05, 3.63) is 94.2 Å². The third-order valence-electron chi connectivity index (χ3n) is 8.40. The summed E-state index contributed by atoms with van der Waals surface area (Å²) in [6.07, 6.45) is 3.50. The van der Waals surface area contributed by atoms with Crippen LogP contribution in [0.15, 0.2) is 73.1 Å². The lowest BCUT2D eigenvalue weighted by molar-refractivity contribution is -0.118. The zero-order chi connectivity index (χ0) is 38.5. The highest BCUT2D eigenvalue weighted by Gasteiger charge is 2.31. The summed E-state index contributed by atoms with van der Waals surface area (Å²) >= 11 is 12.9. The fourth-order valence-corrected chi connectivity index (χ4v) is 6.30. The number of aromatic nitrogens is 2. The van der Waals surface area contributed by atoms with Crippen LogP contribution in [0.2, 0.25) is 10.0 Å². The second-order valence-electron chi connectivity index (χ2n) is 11.7. The van der Waals surface area contributed by atoms with Gasteiger partial charge in [-0.1, -0.05) is 23.2 Å². The molecular weight excluding hydrogens is 739 g/mol. The number of ether oxygens (including phenoxy) is 4. The summed E-state index contributed by atoms with van der Waals surface area (Å²) in [5.41, 5.74) is 2.30. The standard InChI is InChI=1S/C38H34Cl2N6O8/c1-41-37(49)21-5-7-29(51-3)35(53-17-31(47)45-27-14-20-10-12-43-25(20)15-24(27)40)33(21)34-22(38(50)42-2)6-8-30(52-4)36(34)54-18-32(48)46-28-16-26-19(9-11-44-26)13-23(28)39/h5-16,43-44H,17-18H2,1-4H3,(H,41,49)(H,42,50)(H,45,47)(H,46,48). The van der Waals surface area contributed by atoms with Crippen LogP contribution in [-0.2, 0) is 9.59 Å². The molecule has 16 heteroatoms. The molecule has 278 valence electrons. The number of benzene rings is 4. The third kappa shape index (κ3) is 7.56. The Morgan fingerprint density at radius 3 is 1.54 bits per heavy atom. The monoisotopic (exact) mass is 772 g/mol. The minimum Gasteiger partial charge on any atom is -0.493 e. The molecule has 0 bridgehead atoms. The maximum Gasteiger partial charge on any atom is 0.262 e. The first kappa shape index (κ1) is 37.4. The minimum atomic E-state index is -0.594. The average molecular weight is 774 g/mol. The lowest BCUT2D eigenvalue weighted by Gasteiger charge is -2.23. The van der Waals surface area contributed by atoms with Gasteiger partial charge in [-0.05, 0) is 60.7 Å². The van der Waals surface area contributed by atoms with Crippen molar-refractivity contribution in [1.82, 2.24) is 20.6 Å². The molecule has 0 aliphatic carbocycles. The van der Waals surface area contributed by atoms with E-state index in [1.165, 1.54) is 52.6 Å². The Balaban J connectivity index is 1.41. The third-order valence-corrected chi connectivity index (χ3v) is 9.03. The van der Waals surface area contributed by atoms with Crippen LogP contribution >= 0.6 is 23.2 Å². The quantitative estimate of drug-likeness (QED) is 0.0780. The summed E-state index contributed by atoms with van der Waals surface area (Å²) < 4.78 is 23.6. The van der Waals surface area contributed by atoms with Crippen LogP contribution in [0.1, 0.15) is 20.7 Å². The fourth-order valence-electron chi connectivity index (χ4n) is 5.87. The Kier molecular flexibility index (Phi) is 11.1. The Bertz CT molecular complexity index is 2260. The number of fused-ring (bicyclic) bond motifs is 2. The van der Waals surface area contributed by atoms with Crippen molar-refractivity contribution in [2.45, 2.75) is 0 Å². The van der Waals surface area contributed by atoms with E-state index in [4.69, 9.17) is 42.1 Å². The van der Waals surface area contributed by atoms with E-state index in [1.54, 1.807) is 36.7 Å². The smallest absolute Gasteiger partial charge is 0.262 e. The summed E-state index contributed by atoms with van der Waals surface area (Å²) in [6.45, 7) is -1.16. The van der Waals surface area contributed by atoms with Gasteiger partial charge in [0.1, 0.15) is 0 Å². The van der Waals surface area contributed by atoms with Gasteiger partial charge in [-0.15, -0.1) is 0 Å². The van der Waals surface area contributed by atoms with Crippen molar-refractivity contribution >= 4 is 80.0 Å². The van der Waals surface area contributed by atoms with Crippen molar-refractivity contribution < 1.29 is 38.1 Å². The number of methoxy groups -OCH3 is 2. The van der Waals surface area contributed by atoms with Crippen molar-refractivity contribution in [3.8, 4) is 34.1 Å². The van der Waals surface area contributed by atoms with E-state index < -0.39 is 36.8 Å². The lowest BCUT2D eigenvalue weighted by atomic mass is 9.91. The van der Waals surface area contributed by atoms with Crippen LogP contribution in [0.25, 0.3) is 32.9 Å². The Morgan fingerprint density at radius 1 is 0.611 bits per heavy atom. The molecule has 0 radical (unpaired) electrons. The first-order valence-corrected chi connectivity index (χ1v) is 17.1. The topological polar surface area (TPSA) is 185 Å². The van der Waals surface area contributed by atoms with Crippen LogP contribution in [-0.4, -0.2) is 75.1 Å². The van der Waals surface area contributed by atoms with Crippen molar-refractivity contribution in [1.29, 1.82) is 0 Å². The van der Waals surface area contributed by atoms with Gasteiger partial charge in [-0.2, -0.15) is 0 Å². The molecular formula is C38H34Cl2N6O8. The summed E-state index contributed by atoms with van der Waals surface area (Å²) in [5, 5.41) is 13.0. The number of amides is 4. The number of aromatic amines is 2. The Morgan fingerprint density at radius 2 is 1.06 bits per heavy atom. The van der Waals surface area contributed by atoms with Crippen LogP contribution in [0.5, 0.6) is 23.0 Å². The zero-order valence-electron chi connectivity index (χ0n) is 29.4. The van der Waals surface area contributed by atoms with Gasteiger partial charge in [0.25, 0.3) is 23.6 Å². The molecule has 0 aliphatic rings. The molecule has 54 heavy (non-hydrogen) atoms. The highest BCUT2D eigenvalue weighted by atomic mass is 35.5. The summed E-state index contributed by atoms with van der Waals surface area (Å²) in [5.74, 6) is -2.27. The molecule has 4 aromatic carbocycles. The second kappa shape index (κ2) is 16.1. The largest absolute Gasteiger partial charge is 0.493 e. The second-order valence-corrected chi connectivity index (χ2v) is 12.5. The number of rotatable bonds is 13. The van der Waals surface area contributed by atoms with E-state index in [0.717, 1.165) is 21.8 Å². The maximum atomic E-state index is 13.5. The number of carbonyl (C=O) groups is 4. The molecule has 0 unspecified atom stereocenters. The van der Waals surface area contributed by atoms with E-state index in [0.29, 0.717) is 21.4 Å². The molecule has 6 aromatic rings. The Hall–Kier alpha value is -6.38. The van der Waals surface area contributed by atoms with Gasteiger partial charge in [-0.3, -0.25) is 19.2 Å². The molecule has 2 heterocycles. The predicted octanol–water partition coefficient (Wildman–Crippen LogP) is 6.39. The first-order valence-electron chi connectivity index (χ1n) is 16.3. The molecule has 14 nitrogen and oxygen atoms in total. The molecule has 6 N–H and O–H groups in total. The number of hydrogen-bond acceptors (Lipinski definition) is 8. The van der Waals surface area contributed by atoms with Crippen LogP contribution in [0, 0.1) is 0 Å². The van der Waals surface area contributed by atoms with E-state index in [9.17, 15) is 19.2 Å². The normalized spacial score (nSPS) is 10.9. The lowest BCUT2D eigenvalue weighted by Crippen LogP contribution is -2.24. The van der Waals surface area contributed by atoms with Gasteiger partial charge in [0.2, 0.25) is 0 Å². The van der Waals surface area contributed by atoms with E-state index >= 15 is 0 Å². The van der Waals surface area contributed by atoms with Gasteiger partial charge in [0, 0.05) is 59.4 Å². The van der Waals surface area contributed by atoms with Gasteiger partial charge < -0.3 is 50.2 Å². The number of hydrogen-bond donors (Lipinski definition) is 6. The maximum absolute atomic E-state index is 13.5. The van der Waals surface area contributed by atoms with Crippen LogP contribution < -0.4 is 40.2 Å². The first-order chi connectivity index (χ1) is 26.1. The number of carbonyl (C=O) groups excluding carboxylic acids is 4. The van der Waals surface area contributed by atoms with Gasteiger partial charge >= 0.3 is 0 Å². The Labute approximate surface area is 318 Å². The van der Waals surface area contributed by atoms with Gasteiger partial charge in [0.15, 0.2) is 36.2 Å². The highest BCUT2D eigenvalue weighted by Crippen LogP contribution is 2.49. The molecule has 0 aliphatic heterocycles. The highest BCUT2D eigenvalue weighted by molar-refractivity contribution is 6.35. The minimum absolute atomic E-state index is 0.0150. The number of nitrogens with one attached hydrogen (secondary N) is 6. The number of anilines is 2. The molecule has 0 saturated carbocycles. The van der Waals surface area contributed by atoms with Crippen LogP contribution in [0.3, 0.4) is 0 Å². The van der Waals surface area contributed by atoms with Gasteiger partial charge in [-0.25, -0.2) is 0 Å². The summed E-state index contributed by atoms with van der Waals surface area (Å²) in [7, 11) is 5.61. The van der Waals surface area contributed by atoms with Gasteiger partial charge in [0.05, 0.1) is 46.8 Å².